The molecule has 0 aromatic rings. The average molecular weight is 196 g/mol. The molecule has 0 aromatic carbocycles. The van der Waals surface area contributed by atoms with Gasteiger partial charge in [-0.1, -0.05) is 6.42 Å². The van der Waals surface area contributed by atoms with Crippen molar-refractivity contribution in [3.05, 3.63) is 0 Å². The van der Waals surface area contributed by atoms with E-state index in [2.05, 4.69) is 18.7 Å². The molecule has 0 aromatic heterocycles. The van der Waals surface area contributed by atoms with E-state index in [4.69, 9.17) is 5.73 Å². The Morgan fingerprint density at radius 1 is 1.14 bits per heavy atom. The highest BCUT2D eigenvalue weighted by Gasteiger charge is 2.41. The number of likely N-dealkylation sites (tertiary alicyclic amines) is 1. The van der Waals surface area contributed by atoms with Crippen LogP contribution in [0.5, 0.6) is 0 Å². The molecule has 0 bridgehead atoms. The molecule has 2 N–H and O–H groups in total. The Morgan fingerprint density at radius 3 is 2.21 bits per heavy atom. The minimum Gasteiger partial charge on any atom is -0.330 e. The maximum absolute atomic E-state index is 5.91. The van der Waals surface area contributed by atoms with Crippen LogP contribution < -0.4 is 5.73 Å². The minimum absolute atomic E-state index is 0.428. The number of nitrogens with zero attached hydrogens (tertiary/aromatic N) is 1. The van der Waals surface area contributed by atoms with Crippen molar-refractivity contribution in [3.63, 3.8) is 0 Å². The first-order valence-corrected chi connectivity index (χ1v) is 6.03. The molecular weight excluding hydrogens is 172 g/mol. The fourth-order valence-electron chi connectivity index (χ4n) is 2.96. The van der Waals surface area contributed by atoms with Crippen molar-refractivity contribution >= 4 is 0 Å². The lowest BCUT2D eigenvalue weighted by atomic mass is 9.68. The van der Waals surface area contributed by atoms with Crippen molar-refractivity contribution in [2.45, 2.75) is 51.5 Å². The van der Waals surface area contributed by atoms with Gasteiger partial charge in [0.05, 0.1) is 0 Å². The molecule has 1 aliphatic heterocycles. The fraction of sp³-hybridized carbons (Fsp3) is 1.00. The molecule has 2 aliphatic rings. The van der Waals surface area contributed by atoms with Gasteiger partial charge < -0.3 is 5.73 Å². The molecule has 2 heteroatoms. The monoisotopic (exact) mass is 196 g/mol. The first kappa shape index (κ1) is 10.4. The quantitative estimate of drug-likeness (QED) is 0.748. The van der Waals surface area contributed by atoms with Crippen LogP contribution in [0.3, 0.4) is 0 Å². The van der Waals surface area contributed by atoms with Gasteiger partial charge in [0.15, 0.2) is 0 Å². The van der Waals surface area contributed by atoms with E-state index in [9.17, 15) is 0 Å². The molecule has 0 atom stereocenters. The Kier molecular flexibility index (Phi) is 2.61. The molecule has 0 amide bonds. The smallest absolute Gasteiger partial charge is 0.0153 e. The molecule has 0 radical (unpaired) electrons. The normalized spacial score (nSPS) is 30.2. The zero-order valence-corrected chi connectivity index (χ0v) is 9.68. The molecule has 1 saturated carbocycles. The standard InChI is InChI=1S/C12H24N2/c1-11(2)5-4-8-14(11)10-12(9-13)6-3-7-12/h3-10,13H2,1-2H3. The molecule has 2 nitrogen and oxygen atoms in total. The fourth-order valence-corrected chi connectivity index (χ4v) is 2.96. The first-order chi connectivity index (χ1) is 6.58. The van der Waals surface area contributed by atoms with Gasteiger partial charge >= 0.3 is 0 Å². The van der Waals surface area contributed by atoms with Gasteiger partial charge in [0.2, 0.25) is 0 Å². The van der Waals surface area contributed by atoms with Crippen molar-refractivity contribution in [3.8, 4) is 0 Å². The van der Waals surface area contributed by atoms with E-state index in [1.807, 2.05) is 0 Å². The summed E-state index contributed by atoms with van der Waals surface area (Å²) in [6.45, 7) is 8.18. The second-order valence-electron chi connectivity index (χ2n) is 5.90. The van der Waals surface area contributed by atoms with Crippen LogP contribution in [0.25, 0.3) is 0 Å². The largest absolute Gasteiger partial charge is 0.330 e. The van der Waals surface area contributed by atoms with Crippen LogP contribution in [-0.4, -0.2) is 30.1 Å². The van der Waals surface area contributed by atoms with E-state index in [0.717, 1.165) is 6.54 Å². The Hall–Kier alpha value is -0.0800. The molecular formula is C12H24N2. The van der Waals surface area contributed by atoms with Gasteiger partial charge in [-0.2, -0.15) is 0 Å². The summed E-state index contributed by atoms with van der Waals surface area (Å²) in [5.41, 5.74) is 6.82. The van der Waals surface area contributed by atoms with E-state index in [0.29, 0.717) is 11.0 Å². The lowest BCUT2D eigenvalue weighted by Crippen LogP contribution is -2.51. The Morgan fingerprint density at radius 2 is 1.86 bits per heavy atom. The van der Waals surface area contributed by atoms with Crippen molar-refractivity contribution in [1.82, 2.24) is 4.90 Å². The minimum atomic E-state index is 0.428. The van der Waals surface area contributed by atoms with Gasteiger partial charge in [-0.05, 0) is 58.0 Å². The lowest BCUT2D eigenvalue weighted by molar-refractivity contribution is 0.0439. The topological polar surface area (TPSA) is 29.3 Å². The molecule has 82 valence electrons. The second-order valence-corrected chi connectivity index (χ2v) is 5.90. The van der Waals surface area contributed by atoms with Crippen LogP contribution in [-0.2, 0) is 0 Å². The predicted octanol–water partition coefficient (Wildman–Crippen LogP) is 1.99. The zero-order valence-electron chi connectivity index (χ0n) is 9.68. The summed E-state index contributed by atoms with van der Waals surface area (Å²) in [4.78, 5) is 2.67. The van der Waals surface area contributed by atoms with Crippen LogP contribution in [0.15, 0.2) is 0 Å². The maximum Gasteiger partial charge on any atom is 0.0153 e. The summed E-state index contributed by atoms with van der Waals surface area (Å²) < 4.78 is 0. The van der Waals surface area contributed by atoms with E-state index < -0.39 is 0 Å². The zero-order chi connectivity index (χ0) is 10.2. The molecule has 1 saturated heterocycles. The summed E-state index contributed by atoms with van der Waals surface area (Å²) in [6.07, 6.45) is 6.83. The summed E-state index contributed by atoms with van der Waals surface area (Å²) in [5, 5.41) is 0. The van der Waals surface area contributed by atoms with Crippen LogP contribution in [0.4, 0.5) is 0 Å². The van der Waals surface area contributed by atoms with E-state index in [1.165, 1.54) is 45.2 Å². The molecule has 0 unspecified atom stereocenters. The third kappa shape index (κ3) is 1.70. The van der Waals surface area contributed by atoms with Crippen LogP contribution >= 0.6 is 0 Å². The van der Waals surface area contributed by atoms with Gasteiger partial charge in [-0.15, -0.1) is 0 Å². The van der Waals surface area contributed by atoms with Crippen molar-refractivity contribution in [2.24, 2.45) is 11.1 Å². The first-order valence-electron chi connectivity index (χ1n) is 6.03. The number of hydrogen-bond donors (Lipinski definition) is 1. The molecule has 1 heterocycles. The van der Waals surface area contributed by atoms with Gasteiger partial charge in [0.25, 0.3) is 0 Å². The van der Waals surface area contributed by atoms with Gasteiger partial charge in [0, 0.05) is 12.1 Å². The Labute approximate surface area is 87.8 Å². The summed E-state index contributed by atoms with van der Waals surface area (Å²) >= 11 is 0. The average Bonchev–Trinajstić information content (AvgIpc) is 2.38. The van der Waals surface area contributed by atoms with Crippen molar-refractivity contribution in [2.75, 3.05) is 19.6 Å². The molecule has 14 heavy (non-hydrogen) atoms. The van der Waals surface area contributed by atoms with Crippen LogP contribution in [0.2, 0.25) is 0 Å². The van der Waals surface area contributed by atoms with Gasteiger partial charge in [-0.3, -0.25) is 4.90 Å². The number of nitrogens with two attached hydrogens (primary N) is 1. The SMILES string of the molecule is CC1(C)CCCN1CC1(CN)CCC1. The predicted molar refractivity (Wildman–Crippen MR) is 60.2 cm³/mol. The van der Waals surface area contributed by atoms with E-state index in [1.54, 1.807) is 0 Å². The highest BCUT2D eigenvalue weighted by Crippen LogP contribution is 2.43. The van der Waals surface area contributed by atoms with Crippen molar-refractivity contribution < 1.29 is 0 Å². The molecule has 2 rings (SSSR count). The summed E-state index contributed by atoms with van der Waals surface area (Å²) in [6, 6.07) is 0. The Bertz CT molecular complexity index is 201. The van der Waals surface area contributed by atoms with Crippen molar-refractivity contribution in [1.29, 1.82) is 0 Å². The van der Waals surface area contributed by atoms with E-state index >= 15 is 0 Å². The number of hydrogen-bond acceptors (Lipinski definition) is 2. The molecule has 2 fully saturated rings. The second kappa shape index (κ2) is 3.49. The highest BCUT2D eigenvalue weighted by molar-refractivity contribution is 4.96. The summed E-state index contributed by atoms with van der Waals surface area (Å²) in [7, 11) is 0. The lowest BCUT2D eigenvalue weighted by Gasteiger charge is -2.46. The van der Waals surface area contributed by atoms with Crippen LogP contribution in [0, 0.1) is 5.41 Å². The molecule has 0 spiro atoms. The number of rotatable bonds is 3. The molecule has 1 aliphatic carbocycles. The van der Waals surface area contributed by atoms with Gasteiger partial charge in [-0.25, -0.2) is 0 Å². The third-order valence-electron chi connectivity index (χ3n) is 4.45. The third-order valence-corrected chi connectivity index (χ3v) is 4.45. The Balaban J connectivity index is 1.96. The van der Waals surface area contributed by atoms with Gasteiger partial charge in [0.1, 0.15) is 0 Å². The maximum atomic E-state index is 5.91. The summed E-state index contributed by atoms with van der Waals surface area (Å²) in [5.74, 6) is 0. The van der Waals surface area contributed by atoms with Crippen LogP contribution in [0.1, 0.15) is 46.0 Å². The highest BCUT2D eigenvalue weighted by atomic mass is 15.2. The van der Waals surface area contributed by atoms with E-state index in [-0.39, 0.29) is 0 Å².